The average molecular weight is 306 g/mol. The number of rotatable bonds is 4. The van der Waals surface area contributed by atoms with E-state index in [1.807, 2.05) is 0 Å². The average Bonchev–Trinajstić information content (AvgIpc) is 3.11. The molecule has 0 unspecified atom stereocenters. The van der Waals surface area contributed by atoms with Crippen LogP contribution in [-0.4, -0.2) is 16.7 Å². The van der Waals surface area contributed by atoms with Crippen molar-refractivity contribution in [3.63, 3.8) is 0 Å². The molecule has 22 heavy (non-hydrogen) atoms. The molecule has 3 rings (SSSR count). The predicted octanol–water partition coefficient (Wildman–Crippen LogP) is 4.36. The Bertz CT molecular complexity index is 601. The third kappa shape index (κ3) is 2.38. The molecule has 3 nitrogen and oxygen atoms in total. The van der Waals surface area contributed by atoms with Crippen LogP contribution in [0.3, 0.4) is 0 Å². The van der Waals surface area contributed by atoms with Crippen LogP contribution in [0, 0.1) is 11.7 Å². The zero-order valence-electron chi connectivity index (χ0n) is 13.2. The van der Waals surface area contributed by atoms with Gasteiger partial charge in [-0.1, -0.05) is 13.8 Å². The normalized spacial score (nSPS) is 19.5. The molecule has 0 aromatic heterocycles. The van der Waals surface area contributed by atoms with Crippen molar-refractivity contribution in [3.8, 4) is 5.75 Å². The number of halogens is 1. The maximum Gasteiger partial charge on any atom is 0.336 e. The van der Waals surface area contributed by atoms with Crippen molar-refractivity contribution in [2.75, 3.05) is 0 Å². The quantitative estimate of drug-likeness (QED) is 0.899. The summed E-state index contributed by atoms with van der Waals surface area (Å²) in [5, 5.41) is 9.42. The molecule has 2 aliphatic rings. The highest BCUT2D eigenvalue weighted by molar-refractivity contribution is 5.90. The van der Waals surface area contributed by atoms with Crippen molar-refractivity contribution in [2.45, 2.75) is 64.4 Å². The van der Waals surface area contributed by atoms with E-state index in [4.69, 9.17) is 4.74 Å². The van der Waals surface area contributed by atoms with E-state index in [1.54, 1.807) is 0 Å². The van der Waals surface area contributed by atoms with Gasteiger partial charge >= 0.3 is 5.97 Å². The Labute approximate surface area is 130 Å². The molecule has 0 saturated heterocycles. The molecule has 1 aromatic carbocycles. The van der Waals surface area contributed by atoms with E-state index in [1.165, 1.54) is 6.07 Å². The number of hydrogen-bond donors (Lipinski definition) is 1. The summed E-state index contributed by atoms with van der Waals surface area (Å²) in [5.41, 5.74) is 1.05. The minimum atomic E-state index is -0.993. The number of carboxylic acid groups (broad SMARTS) is 1. The highest BCUT2D eigenvalue weighted by Crippen LogP contribution is 2.42. The Morgan fingerprint density at radius 3 is 2.45 bits per heavy atom. The molecule has 0 atom stereocenters. The van der Waals surface area contributed by atoms with Crippen LogP contribution in [0.15, 0.2) is 6.07 Å². The fraction of sp³-hybridized carbons (Fsp3) is 0.611. The summed E-state index contributed by atoms with van der Waals surface area (Å²) in [7, 11) is 0. The molecule has 0 aliphatic heterocycles. The van der Waals surface area contributed by atoms with E-state index in [0.29, 0.717) is 24.0 Å². The Kier molecular flexibility index (Phi) is 3.87. The van der Waals surface area contributed by atoms with Crippen molar-refractivity contribution < 1.29 is 19.0 Å². The summed E-state index contributed by atoms with van der Waals surface area (Å²) in [4.78, 5) is 11.5. The number of ether oxygens (including phenoxy) is 1. The predicted molar refractivity (Wildman–Crippen MR) is 82.0 cm³/mol. The van der Waals surface area contributed by atoms with E-state index in [0.717, 1.165) is 32.1 Å². The summed E-state index contributed by atoms with van der Waals surface area (Å²) in [6, 6.07) is 1.41. The van der Waals surface area contributed by atoms with Crippen LogP contribution in [0.5, 0.6) is 5.75 Å². The van der Waals surface area contributed by atoms with Gasteiger partial charge < -0.3 is 9.84 Å². The second kappa shape index (κ2) is 5.56. The Balaban J connectivity index is 2.04. The second-order valence-corrected chi connectivity index (χ2v) is 6.88. The number of aromatic carboxylic acids is 1. The number of carboxylic acids is 1. The molecule has 1 fully saturated rings. The van der Waals surface area contributed by atoms with Gasteiger partial charge in [-0.05, 0) is 68.1 Å². The smallest absolute Gasteiger partial charge is 0.336 e. The molecule has 0 amide bonds. The SMILES string of the molecule is CC(C)C1(Oc2cc(C(=O)O)c3c(c2F)CCC3)CCCC1. The van der Waals surface area contributed by atoms with Crippen LogP contribution < -0.4 is 4.74 Å². The van der Waals surface area contributed by atoms with Gasteiger partial charge in [0.05, 0.1) is 5.56 Å². The third-order valence-corrected chi connectivity index (χ3v) is 5.35. The van der Waals surface area contributed by atoms with Crippen LogP contribution in [0.4, 0.5) is 4.39 Å². The molecule has 1 N–H and O–H groups in total. The molecule has 0 heterocycles. The van der Waals surface area contributed by atoms with Crippen molar-refractivity contribution in [2.24, 2.45) is 5.92 Å². The summed E-state index contributed by atoms with van der Waals surface area (Å²) in [6.07, 6.45) is 6.03. The minimum absolute atomic E-state index is 0.133. The van der Waals surface area contributed by atoms with Crippen molar-refractivity contribution in [1.29, 1.82) is 0 Å². The van der Waals surface area contributed by atoms with Crippen LogP contribution in [0.2, 0.25) is 0 Å². The van der Waals surface area contributed by atoms with Gasteiger partial charge in [-0.2, -0.15) is 0 Å². The molecule has 0 spiro atoms. The number of hydrogen-bond acceptors (Lipinski definition) is 2. The lowest BCUT2D eigenvalue weighted by atomic mass is 9.88. The van der Waals surface area contributed by atoms with Crippen molar-refractivity contribution >= 4 is 5.97 Å². The fourth-order valence-electron chi connectivity index (χ4n) is 3.97. The summed E-state index contributed by atoms with van der Waals surface area (Å²) in [5.74, 6) is -0.929. The highest BCUT2D eigenvalue weighted by atomic mass is 19.1. The summed E-state index contributed by atoms with van der Waals surface area (Å²) < 4.78 is 20.9. The minimum Gasteiger partial charge on any atom is -0.484 e. The van der Waals surface area contributed by atoms with Crippen LogP contribution >= 0.6 is 0 Å². The van der Waals surface area contributed by atoms with E-state index in [-0.39, 0.29) is 28.6 Å². The van der Waals surface area contributed by atoms with Gasteiger partial charge in [-0.15, -0.1) is 0 Å². The Morgan fingerprint density at radius 1 is 1.23 bits per heavy atom. The lowest BCUT2D eigenvalue weighted by Gasteiger charge is -2.34. The van der Waals surface area contributed by atoms with Gasteiger partial charge in [-0.3, -0.25) is 0 Å². The number of benzene rings is 1. The van der Waals surface area contributed by atoms with Crippen molar-refractivity contribution in [3.05, 3.63) is 28.6 Å². The van der Waals surface area contributed by atoms with Gasteiger partial charge in [0.25, 0.3) is 0 Å². The molecule has 2 aliphatic carbocycles. The second-order valence-electron chi connectivity index (χ2n) is 6.88. The molecule has 1 aromatic rings. The first-order valence-corrected chi connectivity index (χ1v) is 8.21. The van der Waals surface area contributed by atoms with Gasteiger partial charge in [0.1, 0.15) is 5.60 Å². The molecular formula is C18H23FO3. The van der Waals surface area contributed by atoms with E-state index in [2.05, 4.69) is 13.8 Å². The maximum atomic E-state index is 14.8. The highest BCUT2D eigenvalue weighted by Gasteiger charge is 2.40. The van der Waals surface area contributed by atoms with Gasteiger partial charge in [-0.25, -0.2) is 9.18 Å². The van der Waals surface area contributed by atoms with Crippen LogP contribution in [0.25, 0.3) is 0 Å². The number of carbonyl (C=O) groups is 1. The van der Waals surface area contributed by atoms with Crippen LogP contribution in [-0.2, 0) is 12.8 Å². The first kappa shape index (κ1) is 15.3. The first-order valence-electron chi connectivity index (χ1n) is 8.21. The van der Waals surface area contributed by atoms with Gasteiger partial charge in [0, 0.05) is 0 Å². The molecular weight excluding hydrogens is 283 g/mol. The number of fused-ring (bicyclic) bond motifs is 1. The van der Waals surface area contributed by atoms with E-state index >= 15 is 0 Å². The lowest BCUT2D eigenvalue weighted by Crippen LogP contribution is -2.38. The largest absolute Gasteiger partial charge is 0.484 e. The Morgan fingerprint density at radius 2 is 1.86 bits per heavy atom. The summed E-state index contributed by atoms with van der Waals surface area (Å²) >= 11 is 0. The zero-order chi connectivity index (χ0) is 15.9. The first-order chi connectivity index (χ1) is 10.4. The monoisotopic (exact) mass is 306 g/mol. The Hall–Kier alpha value is -1.58. The molecule has 120 valence electrons. The zero-order valence-corrected chi connectivity index (χ0v) is 13.2. The molecule has 0 radical (unpaired) electrons. The van der Waals surface area contributed by atoms with E-state index in [9.17, 15) is 14.3 Å². The van der Waals surface area contributed by atoms with Crippen molar-refractivity contribution in [1.82, 2.24) is 0 Å². The maximum absolute atomic E-state index is 14.8. The third-order valence-electron chi connectivity index (χ3n) is 5.35. The molecule has 0 bridgehead atoms. The summed E-state index contributed by atoms with van der Waals surface area (Å²) in [6.45, 7) is 4.18. The lowest BCUT2D eigenvalue weighted by molar-refractivity contribution is 0.0248. The van der Waals surface area contributed by atoms with Crippen LogP contribution in [0.1, 0.15) is 67.4 Å². The molecule has 1 saturated carbocycles. The topological polar surface area (TPSA) is 46.5 Å². The van der Waals surface area contributed by atoms with Gasteiger partial charge in [0.15, 0.2) is 11.6 Å². The van der Waals surface area contributed by atoms with E-state index < -0.39 is 5.97 Å². The molecule has 4 heteroatoms. The fourth-order valence-corrected chi connectivity index (χ4v) is 3.97. The van der Waals surface area contributed by atoms with Gasteiger partial charge in [0.2, 0.25) is 0 Å². The standard InChI is InChI=1S/C18H23FO3/c1-11(2)18(8-3-4-9-18)22-15-10-14(17(20)21)12-6-5-7-13(12)16(15)19/h10-11H,3-9H2,1-2H3,(H,20,21).